The number of aryl methyl sites for hydroxylation is 1. The molecule has 8 heteroatoms. The minimum absolute atomic E-state index is 0.0103. The van der Waals surface area contributed by atoms with Crippen molar-refractivity contribution in [2.75, 3.05) is 0 Å². The van der Waals surface area contributed by atoms with Crippen molar-refractivity contribution >= 4 is 45.7 Å². The summed E-state index contributed by atoms with van der Waals surface area (Å²) in [4.78, 5) is 18.8. The highest BCUT2D eigenvalue weighted by Gasteiger charge is 2.09. The van der Waals surface area contributed by atoms with Crippen molar-refractivity contribution in [3.05, 3.63) is 79.8 Å². The first-order valence-electron chi connectivity index (χ1n) is 7.85. The Bertz CT molecular complexity index is 1060. The van der Waals surface area contributed by atoms with Crippen LogP contribution in [0.1, 0.15) is 22.7 Å². The summed E-state index contributed by atoms with van der Waals surface area (Å²) in [5.41, 5.74) is 2.57. The van der Waals surface area contributed by atoms with Gasteiger partial charge < -0.3 is 9.52 Å². The molecular formula is C19H14BrN3O4. The summed E-state index contributed by atoms with van der Waals surface area (Å²) in [6.45, 7) is 1.97. The molecule has 3 rings (SSSR count). The number of halogens is 1. The highest BCUT2D eigenvalue weighted by molar-refractivity contribution is 9.10. The zero-order valence-corrected chi connectivity index (χ0v) is 15.8. The van der Waals surface area contributed by atoms with Crippen molar-refractivity contribution in [3.63, 3.8) is 0 Å². The molecule has 1 N–H and O–H groups in total. The SMILES string of the molecule is Cc1ccc(N=Cc2nc(/C=C/c3cccc([N+](=O)[O-])c3)oc2O)c(Br)c1. The summed E-state index contributed by atoms with van der Waals surface area (Å²) in [7, 11) is 0. The van der Waals surface area contributed by atoms with E-state index in [0.717, 1.165) is 10.0 Å². The zero-order chi connectivity index (χ0) is 19.4. The van der Waals surface area contributed by atoms with E-state index in [1.807, 2.05) is 25.1 Å². The van der Waals surface area contributed by atoms with Gasteiger partial charge in [-0.1, -0.05) is 18.2 Å². The van der Waals surface area contributed by atoms with E-state index in [1.54, 1.807) is 18.2 Å². The van der Waals surface area contributed by atoms with Crippen molar-refractivity contribution < 1.29 is 14.4 Å². The molecule has 1 aromatic heterocycles. The minimum Gasteiger partial charge on any atom is -0.479 e. The minimum atomic E-state index is -0.466. The Hall–Kier alpha value is -3.26. The van der Waals surface area contributed by atoms with E-state index in [0.29, 0.717) is 11.3 Å². The molecule has 0 unspecified atom stereocenters. The van der Waals surface area contributed by atoms with Gasteiger partial charge in [0, 0.05) is 22.7 Å². The molecule has 2 aromatic carbocycles. The zero-order valence-electron chi connectivity index (χ0n) is 14.2. The van der Waals surface area contributed by atoms with Crippen LogP contribution in [0.5, 0.6) is 5.95 Å². The second-order valence-electron chi connectivity index (χ2n) is 5.64. The quantitative estimate of drug-likeness (QED) is 0.338. The molecule has 7 nitrogen and oxygen atoms in total. The van der Waals surface area contributed by atoms with E-state index in [9.17, 15) is 15.2 Å². The molecule has 0 atom stereocenters. The number of nitro groups is 1. The van der Waals surface area contributed by atoms with Crippen LogP contribution in [0.4, 0.5) is 11.4 Å². The van der Waals surface area contributed by atoms with Crippen molar-refractivity contribution in [3.8, 4) is 5.95 Å². The highest BCUT2D eigenvalue weighted by atomic mass is 79.9. The monoisotopic (exact) mass is 427 g/mol. The lowest BCUT2D eigenvalue weighted by atomic mass is 10.2. The molecule has 0 spiro atoms. The number of aromatic hydroxyl groups is 1. The molecule has 0 aliphatic rings. The smallest absolute Gasteiger partial charge is 0.312 e. The van der Waals surface area contributed by atoms with E-state index >= 15 is 0 Å². The van der Waals surface area contributed by atoms with Crippen LogP contribution in [0.15, 0.2) is 56.3 Å². The van der Waals surface area contributed by atoms with Crippen molar-refractivity contribution in [2.24, 2.45) is 4.99 Å². The van der Waals surface area contributed by atoms with E-state index in [-0.39, 0.29) is 23.2 Å². The average molecular weight is 428 g/mol. The number of hydrogen-bond acceptors (Lipinski definition) is 6. The summed E-state index contributed by atoms with van der Waals surface area (Å²) >= 11 is 3.43. The molecule has 0 saturated carbocycles. The van der Waals surface area contributed by atoms with Crippen molar-refractivity contribution in [2.45, 2.75) is 6.92 Å². The van der Waals surface area contributed by atoms with Crippen LogP contribution in [-0.4, -0.2) is 21.2 Å². The van der Waals surface area contributed by atoms with Crippen LogP contribution >= 0.6 is 15.9 Å². The van der Waals surface area contributed by atoms with Crippen LogP contribution in [0.2, 0.25) is 0 Å². The number of non-ortho nitro benzene ring substituents is 1. The maximum atomic E-state index is 10.8. The van der Waals surface area contributed by atoms with Gasteiger partial charge in [-0.2, -0.15) is 0 Å². The lowest BCUT2D eigenvalue weighted by Crippen LogP contribution is -1.87. The third-order valence-corrected chi connectivity index (χ3v) is 4.21. The Kier molecular flexibility index (Phi) is 5.46. The van der Waals surface area contributed by atoms with Gasteiger partial charge in [0.2, 0.25) is 5.89 Å². The van der Waals surface area contributed by atoms with Crippen LogP contribution in [0, 0.1) is 17.0 Å². The van der Waals surface area contributed by atoms with E-state index in [2.05, 4.69) is 25.9 Å². The van der Waals surface area contributed by atoms with Gasteiger partial charge in [0.25, 0.3) is 5.69 Å². The van der Waals surface area contributed by atoms with Gasteiger partial charge >= 0.3 is 5.95 Å². The predicted molar refractivity (Wildman–Crippen MR) is 106 cm³/mol. The fourth-order valence-electron chi connectivity index (χ4n) is 2.25. The molecule has 0 bridgehead atoms. The number of benzene rings is 2. The first-order chi connectivity index (χ1) is 12.9. The van der Waals surface area contributed by atoms with Crippen LogP contribution in [0.3, 0.4) is 0 Å². The summed E-state index contributed by atoms with van der Waals surface area (Å²) in [6.07, 6.45) is 4.52. The third kappa shape index (κ3) is 4.68. The van der Waals surface area contributed by atoms with Crippen LogP contribution < -0.4 is 0 Å². The first kappa shape index (κ1) is 18.5. The van der Waals surface area contributed by atoms with Crippen molar-refractivity contribution in [1.29, 1.82) is 0 Å². The third-order valence-electron chi connectivity index (χ3n) is 3.58. The maximum Gasteiger partial charge on any atom is 0.312 e. The molecule has 0 saturated heterocycles. The number of nitro benzene ring substituents is 1. The van der Waals surface area contributed by atoms with Crippen LogP contribution in [0.25, 0.3) is 12.2 Å². The van der Waals surface area contributed by atoms with Gasteiger partial charge in [-0.25, -0.2) is 4.98 Å². The maximum absolute atomic E-state index is 10.8. The molecule has 27 heavy (non-hydrogen) atoms. The van der Waals surface area contributed by atoms with Gasteiger partial charge in [-0.15, -0.1) is 0 Å². The predicted octanol–water partition coefficient (Wildman–Crippen LogP) is 5.28. The van der Waals surface area contributed by atoms with E-state index < -0.39 is 4.92 Å². The average Bonchev–Trinajstić information content (AvgIpc) is 2.99. The normalized spacial score (nSPS) is 11.5. The van der Waals surface area contributed by atoms with Gasteiger partial charge in [0.05, 0.1) is 16.8 Å². The summed E-state index contributed by atoms with van der Waals surface area (Å²) in [6, 6.07) is 11.8. The highest BCUT2D eigenvalue weighted by Crippen LogP contribution is 2.27. The molecule has 0 radical (unpaired) electrons. The fraction of sp³-hybridized carbons (Fsp3) is 0.0526. The molecular weight excluding hydrogens is 414 g/mol. The number of hydrogen-bond donors (Lipinski definition) is 1. The van der Waals surface area contributed by atoms with Crippen molar-refractivity contribution in [1.82, 2.24) is 4.98 Å². The number of rotatable bonds is 5. The Balaban J connectivity index is 1.79. The summed E-state index contributed by atoms with van der Waals surface area (Å²) < 4.78 is 6.00. The Labute approximate surface area is 163 Å². The van der Waals surface area contributed by atoms with Gasteiger partial charge in [-0.05, 0) is 52.2 Å². The molecule has 1 heterocycles. The molecule has 3 aromatic rings. The summed E-state index contributed by atoms with van der Waals surface area (Å²) in [5.74, 6) is -0.205. The van der Waals surface area contributed by atoms with Gasteiger partial charge in [-0.3, -0.25) is 15.1 Å². The second-order valence-corrected chi connectivity index (χ2v) is 6.50. The van der Waals surface area contributed by atoms with E-state index in [4.69, 9.17) is 4.42 Å². The standard InChI is InChI=1S/C19H14BrN3O4/c1-12-5-7-16(15(20)9-12)21-11-17-19(24)27-18(22-17)8-6-13-3-2-4-14(10-13)23(25)26/h2-11,24H,1H3/b8-6+,21-11?. The summed E-state index contributed by atoms with van der Waals surface area (Å²) in [5, 5.41) is 20.7. The number of aromatic nitrogens is 1. The number of nitrogens with zero attached hydrogens (tertiary/aromatic N) is 3. The molecule has 0 aliphatic carbocycles. The topological polar surface area (TPSA) is 102 Å². The van der Waals surface area contributed by atoms with Gasteiger partial charge in [0.1, 0.15) is 0 Å². The second kappa shape index (κ2) is 7.96. The molecule has 136 valence electrons. The number of aliphatic imine (C=N–C) groups is 1. The Morgan fingerprint density at radius 2 is 2.07 bits per heavy atom. The molecule has 0 fully saturated rings. The largest absolute Gasteiger partial charge is 0.479 e. The van der Waals surface area contributed by atoms with Crippen LogP contribution in [-0.2, 0) is 0 Å². The lowest BCUT2D eigenvalue weighted by molar-refractivity contribution is -0.384. The van der Waals surface area contributed by atoms with E-state index in [1.165, 1.54) is 24.4 Å². The fourth-order valence-corrected chi connectivity index (χ4v) is 2.85. The Morgan fingerprint density at radius 1 is 1.26 bits per heavy atom. The Morgan fingerprint density at radius 3 is 2.81 bits per heavy atom. The van der Waals surface area contributed by atoms with Gasteiger partial charge in [0.15, 0.2) is 5.69 Å². The number of oxazole rings is 1. The first-order valence-corrected chi connectivity index (χ1v) is 8.64. The molecule has 0 aliphatic heterocycles. The molecule has 0 amide bonds. The lowest BCUT2D eigenvalue weighted by Gasteiger charge is -1.98.